The first kappa shape index (κ1) is 14.8. The van der Waals surface area contributed by atoms with Crippen LogP contribution in [0.1, 0.15) is 20.3 Å². The Labute approximate surface area is 113 Å². The molecule has 0 saturated heterocycles. The zero-order valence-electron chi connectivity index (χ0n) is 11.5. The van der Waals surface area contributed by atoms with E-state index in [9.17, 15) is 15.0 Å². The van der Waals surface area contributed by atoms with Crippen molar-refractivity contribution < 1.29 is 24.9 Å². The number of ether oxygens (including phenoxy) is 1. The average molecular weight is 272 g/mol. The maximum Gasteiger partial charge on any atom is 0.309 e. The number of hydrogen-bond donors (Lipinski definition) is 3. The molecule has 0 aromatic heterocycles. The molecule has 0 radical (unpaired) electrons. The van der Waals surface area contributed by atoms with Gasteiger partial charge in [0.15, 0.2) is 0 Å². The van der Waals surface area contributed by atoms with E-state index in [1.165, 1.54) is 0 Å². The van der Waals surface area contributed by atoms with Gasteiger partial charge in [-0.2, -0.15) is 0 Å². The van der Waals surface area contributed by atoms with E-state index in [1.807, 2.05) is 0 Å². The number of hydrogen-bond acceptors (Lipinski definition) is 5. The molecule has 2 rings (SSSR count). The number of fused-ring (bicyclic) bond motifs is 2. The van der Waals surface area contributed by atoms with E-state index in [0.717, 1.165) is 6.42 Å². The second-order valence-electron chi connectivity index (χ2n) is 6.12. The highest BCUT2D eigenvalue weighted by atomic mass is 16.5. The number of esters is 1. The molecule has 0 amide bonds. The highest BCUT2D eigenvalue weighted by Crippen LogP contribution is 2.58. The summed E-state index contributed by atoms with van der Waals surface area (Å²) >= 11 is 0. The van der Waals surface area contributed by atoms with Crippen LogP contribution in [0, 0.1) is 35.5 Å². The standard InChI is InChI=1S/C14H24O5/c1-7-8(2)11-3-10(7)12(5-16)13(11)14(18)19-6-9(17)4-15/h7-13,15-17H,3-6H2,1-2H3. The van der Waals surface area contributed by atoms with Crippen molar-refractivity contribution in [3.05, 3.63) is 0 Å². The molecule has 3 N–H and O–H groups in total. The maximum absolute atomic E-state index is 12.2. The van der Waals surface area contributed by atoms with Crippen LogP contribution in [0.25, 0.3) is 0 Å². The molecular weight excluding hydrogens is 248 g/mol. The van der Waals surface area contributed by atoms with Gasteiger partial charge in [-0.15, -0.1) is 0 Å². The summed E-state index contributed by atoms with van der Waals surface area (Å²) in [5.41, 5.74) is 0. The molecule has 2 bridgehead atoms. The first-order valence-corrected chi connectivity index (χ1v) is 7.07. The molecule has 0 spiro atoms. The van der Waals surface area contributed by atoms with Gasteiger partial charge in [0, 0.05) is 6.61 Å². The SMILES string of the molecule is CC1C(C)C2CC1C(CO)C2C(=O)OCC(O)CO. The molecule has 110 valence electrons. The molecule has 19 heavy (non-hydrogen) atoms. The molecule has 0 aliphatic heterocycles. The monoisotopic (exact) mass is 272 g/mol. The maximum atomic E-state index is 12.2. The second-order valence-corrected chi connectivity index (χ2v) is 6.12. The molecule has 2 fully saturated rings. The summed E-state index contributed by atoms with van der Waals surface area (Å²) in [6, 6.07) is 0. The van der Waals surface area contributed by atoms with Crippen LogP contribution in [0.15, 0.2) is 0 Å². The Hall–Kier alpha value is -0.650. The highest BCUT2D eigenvalue weighted by molar-refractivity contribution is 5.74. The Morgan fingerprint density at radius 1 is 1.26 bits per heavy atom. The van der Waals surface area contributed by atoms with Gasteiger partial charge < -0.3 is 20.1 Å². The van der Waals surface area contributed by atoms with Crippen molar-refractivity contribution in [1.29, 1.82) is 0 Å². The van der Waals surface area contributed by atoms with E-state index in [4.69, 9.17) is 9.84 Å². The topological polar surface area (TPSA) is 87.0 Å². The van der Waals surface area contributed by atoms with Gasteiger partial charge in [0.2, 0.25) is 0 Å². The van der Waals surface area contributed by atoms with Gasteiger partial charge in [-0.25, -0.2) is 0 Å². The van der Waals surface area contributed by atoms with E-state index in [1.54, 1.807) is 0 Å². The van der Waals surface area contributed by atoms with Crippen LogP contribution in [-0.4, -0.2) is 47.2 Å². The minimum atomic E-state index is -1.02. The largest absolute Gasteiger partial charge is 0.463 e. The van der Waals surface area contributed by atoms with Gasteiger partial charge in [0.05, 0.1) is 12.5 Å². The van der Waals surface area contributed by atoms with Crippen molar-refractivity contribution in [2.45, 2.75) is 26.4 Å². The zero-order chi connectivity index (χ0) is 14.2. The second kappa shape index (κ2) is 5.77. The predicted octanol–water partition coefficient (Wildman–Crippen LogP) is 0.0294. The van der Waals surface area contributed by atoms with Crippen LogP contribution in [-0.2, 0) is 9.53 Å². The minimum Gasteiger partial charge on any atom is -0.463 e. The van der Waals surface area contributed by atoms with Crippen LogP contribution in [0.4, 0.5) is 0 Å². The van der Waals surface area contributed by atoms with Crippen LogP contribution < -0.4 is 0 Å². The van der Waals surface area contributed by atoms with Crippen molar-refractivity contribution in [2.75, 3.05) is 19.8 Å². The van der Waals surface area contributed by atoms with Crippen LogP contribution in [0.5, 0.6) is 0 Å². The van der Waals surface area contributed by atoms with Gasteiger partial charge >= 0.3 is 5.97 Å². The number of aliphatic hydroxyl groups excluding tert-OH is 3. The molecule has 0 aromatic carbocycles. The quantitative estimate of drug-likeness (QED) is 0.615. The number of aliphatic hydroxyl groups is 3. The highest BCUT2D eigenvalue weighted by Gasteiger charge is 2.57. The third kappa shape index (κ3) is 2.51. The zero-order valence-corrected chi connectivity index (χ0v) is 11.5. The van der Waals surface area contributed by atoms with Crippen LogP contribution in [0.2, 0.25) is 0 Å². The number of carbonyl (C=O) groups excluding carboxylic acids is 1. The van der Waals surface area contributed by atoms with Crippen LogP contribution in [0.3, 0.4) is 0 Å². The van der Waals surface area contributed by atoms with E-state index < -0.39 is 12.7 Å². The first-order valence-electron chi connectivity index (χ1n) is 7.07. The normalized spacial score (nSPS) is 42.4. The van der Waals surface area contributed by atoms with Gasteiger partial charge in [-0.3, -0.25) is 4.79 Å². The summed E-state index contributed by atoms with van der Waals surface area (Å²) in [5, 5.41) is 27.5. The lowest BCUT2D eigenvalue weighted by Gasteiger charge is -2.36. The minimum absolute atomic E-state index is 0.0144. The van der Waals surface area contributed by atoms with Crippen molar-refractivity contribution in [3.63, 3.8) is 0 Å². The third-order valence-corrected chi connectivity index (χ3v) is 5.31. The van der Waals surface area contributed by atoms with Crippen molar-refractivity contribution in [1.82, 2.24) is 0 Å². The van der Waals surface area contributed by atoms with E-state index in [0.29, 0.717) is 17.8 Å². The van der Waals surface area contributed by atoms with E-state index in [2.05, 4.69) is 13.8 Å². The summed E-state index contributed by atoms with van der Waals surface area (Å²) in [4.78, 5) is 12.2. The summed E-state index contributed by atoms with van der Waals surface area (Å²) < 4.78 is 5.09. The summed E-state index contributed by atoms with van der Waals surface area (Å²) in [6.45, 7) is 3.77. The smallest absolute Gasteiger partial charge is 0.309 e. The summed E-state index contributed by atoms with van der Waals surface area (Å²) in [5.74, 6) is 1.06. The Morgan fingerprint density at radius 3 is 2.47 bits per heavy atom. The fraction of sp³-hybridized carbons (Fsp3) is 0.929. The number of carbonyl (C=O) groups is 1. The van der Waals surface area contributed by atoms with Crippen molar-refractivity contribution in [2.24, 2.45) is 35.5 Å². The molecule has 5 nitrogen and oxygen atoms in total. The molecule has 7 atom stereocenters. The molecule has 2 saturated carbocycles. The molecule has 0 aromatic rings. The molecule has 5 heteroatoms. The molecule has 0 heterocycles. The molecule has 7 unspecified atom stereocenters. The number of rotatable bonds is 5. The van der Waals surface area contributed by atoms with Gasteiger partial charge in [0.1, 0.15) is 12.7 Å². The molecule has 2 aliphatic carbocycles. The van der Waals surface area contributed by atoms with Crippen molar-refractivity contribution in [3.8, 4) is 0 Å². The third-order valence-electron chi connectivity index (χ3n) is 5.31. The van der Waals surface area contributed by atoms with Gasteiger partial charge in [-0.05, 0) is 36.0 Å². The lowest BCUT2D eigenvalue weighted by atomic mass is 9.70. The van der Waals surface area contributed by atoms with E-state index in [-0.39, 0.29) is 36.9 Å². The Kier molecular flexibility index (Phi) is 4.48. The van der Waals surface area contributed by atoms with Crippen molar-refractivity contribution >= 4 is 5.97 Å². The average Bonchev–Trinajstić information content (AvgIpc) is 2.92. The fourth-order valence-electron chi connectivity index (χ4n) is 4.07. The van der Waals surface area contributed by atoms with E-state index >= 15 is 0 Å². The Balaban J connectivity index is 2.01. The molecule has 2 aliphatic rings. The van der Waals surface area contributed by atoms with Gasteiger partial charge in [-0.1, -0.05) is 13.8 Å². The lowest BCUT2D eigenvalue weighted by Crippen LogP contribution is -2.40. The Bertz CT molecular complexity index is 330. The predicted molar refractivity (Wildman–Crippen MR) is 68.0 cm³/mol. The van der Waals surface area contributed by atoms with Gasteiger partial charge in [0.25, 0.3) is 0 Å². The Morgan fingerprint density at radius 2 is 1.89 bits per heavy atom. The lowest BCUT2D eigenvalue weighted by molar-refractivity contribution is -0.158. The summed E-state index contributed by atoms with van der Waals surface area (Å²) in [6.07, 6.45) is -0.0398. The fourth-order valence-corrected chi connectivity index (χ4v) is 4.07. The molecular formula is C14H24O5. The first-order chi connectivity index (χ1) is 9.01. The van der Waals surface area contributed by atoms with Crippen LogP contribution >= 0.6 is 0 Å². The summed E-state index contributed by atoms with van der Waals surface area (Å²) in [7, 11) is 0.